The number of nitriles is 1. The van der Waals surface area contributed by atoms with Crippen LogP contribution in [0, 0.1) is 11.3 Å². The van der Waals surface area contributed by atoms with E-state index in [1.165, 1.54) is 0 Å². The van der Waals surface area contributed by atoms with Crippen LogP contribution in [0.3, 0.4) is 0 Å². The van der Waals surface area contributed by atoms with Crippen molar-refractivity contribution in [2.45, 2.75) is 0 Å². The van der Waals surface area contributed by atoms with Crippen molar-refractivity contribution in [2.75, 3.05) is 5.32 Å². The lowest BCUT2D eigenvalue weighted by Gasteiger charge is -2.05. The Labute approximate surface area is 87.2 Å². The smallest absolute Gasteiger partial charge is 0.148 e. The maximum Gasteiger partial charge on any atom is 0.148 e. The molecule has 15 heavy (non-hydrogen) atoms. The third-order valence-electron chi connectivity index (χ3n) is 1.85. The Hall–Kier alpha value is -2.41. The van der Waals surface area contributed by atoms with Gasteiger partial charge in [-0.05, 0) is 24.3 Å². The summed E-state index contributed by atoms with van der Waals surface area (Å²) < 4.78 is 0. The molecule has 0 unspecified atom stereocenters. The molecule has 0 spiro atoms. The zero-order valence-corrected chi connectivity index (χ0v) is 7.88. The molecule has 2 rings (SSSR count). The summed E-state index contributed by atoms with van der Waals surface area (Å²) in [7, 11) is 0. The summed E-state index contributed by atoms with van der Waals surface area (Å²) in [5.41, 5.74) is 1.33. The number of aromatic nitrogens is 2. The molecule has 0 saturated heterocycles. The second-order valence-electron chi connectivity index (χ2n) is 2.88. The molecule has 0 aromatic carbocycles. The number of hydrogen-bond donors (Lipinski definition) is 1. The van der Waals surface area contributed by atoms with E-state index in [1.54, 1.807) is 30.7 Å². The standard InChI is InChI=1S/C11H8N4/c12-7-9-3-1-6-14-11(9)15-10-4-2-5-13-8-10/h1-6,8H,(H,14,15). The van der Waals surface area contributed by atoms with Crippen LogP contribution in [0.2, 0.25) is 0 Å². The van der Waals surface area contributed by atoms with E-state index in [0.29, 0.717) is 11.4 Å². The van der Waals surface area contributed by atoms with Crippen LogP contribution in [-0.4, -0.2) is 9.97 Å². The minimum atomic E-state index is 0.515. The molecule has 0 aliphatic heterocycles. The summed E-state index contributed by atoms with van der Waals surface area (Å²) in [5.74, 6) is 0.549. The van der Waals surface area contributed by atoms with Crippen molar-refractivity contribution in [3.8, 4) is 6.07 Å². The van der Waals surface area contributed by atoms with Gasteiger partial charge in [0.25, 0.3) is 0 Å². The van der Waals surface area contributed by atoms with Crippen LogP contribution in [0.25, 0.3) is 0 Å². The maximum atomic E-state index is 8.85. The van der Waals surface area contributed by atoms with Gasteiger partial charge in [-0.25, -0.2) is 4.98 Å². The quantitative estimate of drug-likeness (QED) is 0.798. The van der Waals surface area contributed by atoms with Crippen molar-refractivity contribution in [1.29, 1.82) is 5.26 Å². The first-order valence-corrected chi connectivity index (χ1v) is 4.42. The normalized spacial score (nSPS) is 9.27. The average Bonchev–Trinajstić information content (AvgIpc) is 2.31. The predicted octanol–water partition coefficient (Wildman–Crippen LogP) is 2.09. The lowest BCUT2D eigenvalue weighted by atomic mass is 10.3. The van der Waals surface area contributed by atoms with Crippen molar-refractivity contribution < 1.29 is 0 Å². The molecule has 2 heterocycles. The molecule has 4 heteroatoms. The topological polar surface area (TPSA) is 61.6 Å². The van der Waals surface area contributed by atoms with E-state index >= 15 is 0 Å². The Morgan fingerprint density at radius 1 is 1.20 bits per heavy atom. The highest BCUT2D eigenvalue weighted by Crippen LogP contribution is 2.15. The zero-order valence-electron chi connectivity index (χ0n) is 7.88. The van der Waals surface area contributed by atoms with Crippen LogP contribution in [0.5, 0.6) is 0 Å². The van der Waals surface area contributed by atoms with Crippen LogP contribution >= 0.6 is 0 Å². The summed E-state index contributed by atoms with van der Waals surface area (Å²) >= 11 is 0. The highest BCUT2D eigenvalue weighted by Gasteiger charge is 2.01. The third-order valence-corrected chi connectivity index (χ3v) is 1.85. The molecule has 0 amide bonds. The molecule has 2 aromatic heterocycles. The Morgan fingerprint density at radius 3 is 2.80 bits per heavy atom. The maximum absolute atomic E-state index is 8.85. The number of anilines is 2. The predicted molar refractivity (Wildman–Crippen MR) is 56.5 cm³/mol. The highest BCUT2D eigenvalue weighted by molar-refractivity contribution is 5.61. The van der Waals surface area contributed by atoms with E-state index in [1.807, 2.05) is 12.1 Å². The van der Waals surface area contributed by atoms with Crippen molar-refractivity contribution in [3.05, 3.63) is 48.4 Å². The van der Waals surface area contributed by atoms with Gasteiger partial charge in [-0.2, -0.15) is 5.26 Å². The van der Waals surface area contributed by atoms with E-state index in [2.05, 4.69) is 21.4 Å². The largest absolute Gasteiger partial charge is 0.338 e. The van der Waals surface area contributed by atoms with Crippen LogP contribution in [0.4, 0.5) is 11.5 Å². The molecule has 2 aromatic rings. The third kappa shape index (κ3) is 2.09. The van der Waals surface area contributed by atoms with E-state index in [4.69, 9.17) is 5.26 Å². The first kappa shape index (κ1) is 9.16. The average molecular weight is 196 g/mol. The lowest BCUT2D eigenvalue weighted by Crippen LogP contribution is -1.96. The Morgan fingerprint density at radius 2 is 2.07 bits per heavy atom. The van der Waals surface area contributed by atoms with Crippen molar-refractivity contribution >= 4 is 11.5 Å². The summed E-state index contributed by atoms with van der Waals surface area (Å²) in [6.45, 7) is 0. The lowest BCUT2D eigenvalue weighted by molar-refractivity contribution is 1.26. The molecular weight excluding hydrogens is 188 g/mol. The summed E-state index contributed by atoms with van der Waals surface area (Å²) in [6.07, 6.45) is 5.00. The van der Waals surface area contributed by atoms with Crippen LogP contribution in [-0.2, 0) is 0 Å². The molecule has 0 saturated carbocycles. The van der Waals surface area contributed by atoms with Gasteiger partial charge in [0.2, 0.25) is 0 Å². The number of hydrogen-bond acceptors (Lipinski definition) is 4. The molecule has 0 radical (unpaired) electrons. The Bertz CT molecular complexity index is 487. The van der Waals surface area contributed by atoms with Gasteiger partial charge < -0.3 is 5.32 Å². The first-order valence-electron chi connectivity index (χ1n) is 4.42. The molecule has 4 nitrogen and oxygen atoms in total. The first-order chi connectivity index (χ1) is 7.40. The van der Waals surface area contributed by atoms with Gasteiger partial charge in [-0.1, -0.05) is 0 Å². The molecule has 1 N–H and O–H groups in total. The van der Waals surface area contributed by atoms with Crippen LogP contribution < -0.4 is 5.32 Å². The summed E-state index contributed by atoms with van der Waals surface area (Å²) in [6, 6.07) is 9.19. The van der Waals surface area contributed by atoms with E-state index in [0.717, 1.165) is 5.69 Å². The second-order valence-corrected chi connectivity index (χ2v) is 2.88. The van der Waals surface area contributed by atoms with Crippen molar-refractivity contribution in [3.63, 3.8) is 0 Å². The number of nitrogens with one attached hydrogen (secondary N) is 1. The monoisotopic (exact) mass is 196 g/mol. The fourth-order valence-electron chi connectivity index (χ4n) is 1.17. The van der Waals surface area contributed by atoms with Gasteiger partial charge >= 0.3 is 0 Å². The van der Waals surface area contributed by atoms with Crippen molar-refractivity contribution in [1.82, 2.24) is 9.97 Å². The fourth-order valence-corrected chi connectivity index (χ4v) is 1.17. The minimum Gasteiger partial charge on any atom is -0.338 e. The Kier molecular flexibility index (Phi) is 2.56. The van der Waals surface area contributed by atoms with Crippen molar-refractivity contribution in [2.24, 2.45) is 0 Å². The van der Waals surface area contributed by atoms with Gasteiger partial charge in [0.1, 0.15) is 11.9 Å². The SMILES string of the molecule is N#Cc1cccnc1Nc1cccnc1. The molecule has 0 bridgehead atoms. The van der Waals surface area contributed by atoms with E-state index in [9.17, 15) is 0 Å². The number of rotatable bonds is 2. The molecule has 0 atom stereocenters. The molecule has 72 valence electrons. The van der Waals surface area contributed by atoms with Gasteiger partial charge in [-0.15, -0.1) is 0 Å². The molecular formula is C11H8N4. The van der Waals surface area contributed by atoms with Crippen LogP contribution in [0.1, 0.15) is 5.56 Å². The zero-order chi connectivity index (χ0) is 10.5. The minimum absolute atomic E-state index is 0.515. The summed E-state index contributed by atoms with van der Waals surface area (Å²) in [4.78, 5) is 8.05. The van der Waals surface area contributed by atoms with Crippen LogP contribution in [0.15, 0.2) is 42.9 Å². The van der Waals surface area contributed by atoms with Gasteiger partial charge in [0.15, 0.2) is 0 Å². The second kappa shape index (κ2) is 4.20. The fraction of sp³-hybridized carbons (Fsp3) is 0. The van der Waals surface area contributed by atoms with E-state index < -0.39 is 0 Å². The van der Waals surface area contributed by atoms with Gasteiger partial charge in [0.05, 0.1) is 17.4 Å². The van der Waals surface area contributed by atoms with E-state index in [-0.39, 0.29) is 0 Å². The highest BCUT2D eigenvalue weighted by atomic mass is 15.0. The molecule has 0 aliphatic carbocycles. The number of nitrogens with zero attached hydrogens (tertiary/aromatic N) is 3. The summed E-state index contributed by atoms with van der Waals surface area (Å²) in [5, 5.41) is 11.9. The van der Waals surface area contributed by atoms with Gasteiger partial charge in [0, 0.05) is 12.4 Å². The number of pyridine rings is 2. The molecule has 0 fully saturated rings. The molecule has 0 aliphatic rings. The Balaban J connectivity index is 2.29. The van der Waals surface area contributed by atoms with Gasteiger partial charge in [-0.3, -0.25) is 4.98 Å².